The van der Waals surface area contributed by atoms with Gasteiger partial charge in [0.2, 0.25) is 23.5 Å². The molecular weight excluding hydrogens is 578 g/mol. The van der Waals surface area contributed by atoms with Crippen molar-refractivity contribution in [2.24, 2.45) is 17.8 Å². The van der Waals surface area contributed by atoms with Crippen molar-refractivity contribution in [3.05, 3.63) is 35.9 Å². The first-order valence-electron chi connectivity index (χ1n) is 15.7. The molecule has 5 amide bonds. The third-order valence-electron chi connectivity index (χ3n) is 7.85. The van der Waals surface area contributed by atoms with Gasteiger partial charge >= 0.3 is 6.09 Å². The van der Waals surface area contributed by atoms with Crippen LogP contribution in [0.2, 0.25) is 0 Å². The summed E-state index contributed by atoms with van der Waals surface area (Å²) < 4.78 is 5.57. The number of ether oxygens (including phenoxy) is 1. The Morgan fingerprint density at radius 3 is 2.16 bits per heavy atom. The molecule has 45 heavy (non-hydrogen) atoms. The molecule has 0 bridgehead atoms. The van der Waals surface area contributed by atoms with Crippen LogP contribution in [0.5, 0.6) is 0 Å². The number of rotatable bonds is 13. The molecule has 1 heterocycles. The molecule has 1 aliphatic carbocycles. The zero-order valence-corrected chi connectivity index (χ0v) is 27.6. The summed E-state index contributed by atoms with van der Waals surface area (Å²) in [5.41, 5.74) is -0.175. The Morgan fingerprint density at radius 2 is 1.60 bits per heavy atom. The van der Waals surface area contributed by atoms with Gasteiger partial charge in [0.05, 0.1) is 12.6 Å². The van der Waals surface area contributed by atoms with Gasteiger partial charge in [-0.15, -0.1) is 0 Å². The van der Waals surface area contributed by atoms with Crippen LogP contribution in [-0.4, -0.2) is 90.2 Å². The van der Waals surface area contributed by atoms with Crippen LogP contribution < -0.4 is 16.0 Å². The predicted molar refractivity (Wildman–Crippen MR) is 168 cm³/mol. The average molecular weight is 628 g/mol. The molecule has 3 rings (SSSR count). The Morgan fingerprint density at radius 1 is 0.956 bits per heavy atom. The number of carbonyl (C=O) groups excluding carboxylic acids is 6. The van der Waals surface area contributed by atoms with Gasteiger partial charge in [0.25, 0.3) is 5.91 Å². The van der Waals surface area contributed by atoms with E-state index < -0.39 is 59.9 Å². The molecule has 1 saturated carbocycles. The molecule has 248 valence electrons. The molecule has 1 aromatic rings. The summed E-state index contributed by atoms with van der Waals surface area (Å²) in [6, 6.07) is 5.78. The Labute approximate surface area is 266 Å². The normalized spacial score (nSPS) is 19.3. The molecule has 4 atom stereocenters. The lowest BCUT2D eigenvalue weighted by molar-refractivity contribution is -0.141. The monoisotopic (exact) mass is 627 g/mol. The Balaban J connectivity index is 1.69. The number of benzene rings is 1. The minimum Gasteiger partial charge on any atom is -0.444 e. The van der Waals surface area contributed by atoms with E-state index in [0.29, 0.717) is 24.9 Å². The number of ketones is 1. The molecular formula is C33H49N5O7. The number of nitrogens with one attached hydrogen (secondary N) is 3. The standard InChI is InChI=1S/C33H49N5O7/c1-20(2)17-23-15-16-38(32(44)45-33(3,4)5)27(23)29(41)35-24(18-21-13-14-21)28(40)30(42)34-19-25(39)36-26(31(43)37(6)7)22-11-9-8-10-12-22/h8-12,20-21,23-24,26-27H,13-19H2,1-7H3,(H,34,42)(H,35,41)(H,36,39)/t23-,24?,26+,27+/m1/s1. The molecule has 0 aromatic heterocycles. The van der Waals surface area contributed by atoms with Gasteiger partial charge in [-0.1, -0.05) is 57.0 Å². The first-order chi connectivity index (χ1) is 21.1. The fraction of sp³-hybridized carbons (Fsp3) is 0.636. The zero-order valence-electron chi connectivity index (χ0n) is 27.6. The quantitative estimate of drug-likeness (QED) is 0.284. The van der Waals surface area contributed by atoms with Crippen molar-refractivity contribution in [3.8, 4) is 0 Å². The van der Waals surface area contributed by atoms with Crippen molar-refractivity contribution in [2.75, 3.05) is 27.2 Å². The highest BCUT2D eigenvalue weighted by Crippen LogP contribution is 2.35. The summed E-state index contributed by atoms with van der Waals surface area (Å²) >= 11 is 0. The number of likely N-dealkylation sites (tertiary alicyclic amines) is 1. The largest absolute Gasteiger partial charge is 0.444 e. The lowest BCUT2D eigenvalue weighted by atomic mass is 9.90. The summed E-state index contributed by atoms with van der Waals surface area (Å²) in [5, 5.41) is 7.76. The van der Waals surface area contributed by atoms with Gasteiger partial charge in [-0.2, -0.15) is 0 Å². The van der Waals surface area contributed by atoms with Crippen LogP contribution in [0, 0.1) is 17.8 Å². The number of amides is 5. The Bertz CT molecular complexity index is 1240. The van der Waals surface area contributed by atoms with Crippen molar-refractivity contribution < 1.29 is 33.5 Å². The summed E-state index contributed by atoms with van der Waals surface area (Å²) in [4.78, 5) is 81.4. The van der Waals surface area contributed by atoms with Crippen molar-refractivity contribution in [1.29, 1.82) is 0 Å². The summed E-state index contributed by atoms with van der Waals surface area (Å²) in [6.07, 6.45) is 2.78. The van der Waals surface area contributed by atoms with E-state index in [0.717, 1.165) is 12.8 Å². The van der Waals surface area contributed by atoms with Gasteiger partial charge in [-0.05, 0) is 63.4 Å². The SMILES string of the molecule is CC(C)C[C@H]1CCN(C(=O)OC(C)(C)C)[C@@H]1C(=O)NC(CC1CC1)C(=O)C(=O)NCC(=O)N[C@H](C(=O)N(C)C)c1ccccc1. The highest BCUT2D eigenvalue weighted by molar-refractivity contribution is 6.38. The third kappa shape index (κ3) is 10.6. The number of Topliss-reactive ketones (excluding diaryl/α,β-unsaturated/α-hetero) is 1. The summed E-state index contributed by atoms with van der Waals surface area (Å²) in [7, 11) is 3.14. The Kier molecular flexibility index (Phi) is 12.1. The number of hydrogen-bond donors (Lipinski definition) is 3. The van der Waals surface area contributed by atoms with E-state index in [9.17, 15) is 28.8 Å². The van der Waals surface area contributed by atoms with Crippen molar-refractivity contribution in [2.45, 2.75) is 90.4 Å². The maximum atomic E-state index is 13.8. The second-order valence-electron chi connectivity index (χ2n) is 13.7. The fourth-order valence-electron chi connectivity index (χ4n) is 5.57. The second kappa shape index (κ2) is 15.4. The lowest BCUT2D eigenvalue weighted by Gasteiger charge is -2.31. The van der Waals surface area contributed by atoms with Gasteiger partial charge in [-0.25, -0.2) is 4.79 Å². The van der Waals surface area contributed by atoms with Crippen LogP contribution in [-0.2, 0) is 28.7 Å². The maximum Gasteiger partial charge on any atom is 0.410 e. The molecule has 12 nitrogen and oxygen atoms in total. The van der Waals surface area contributed by atoms with Crippen LogP contribution in [0.1, 0.15) is 78.3 Å². The van der Waals surface area contributed by atoms with Gasteiger partial charge in [0, 0.05) is 20.6 Å². The van der Waals surface area contributed by atoms with Crippen LogP contribution in [0.15, 0.2) is 30.3 Å². The van der Waals surface area contributed by atoms with E-state index in [1.54, 1.807) is 65.2 Å². The fourth-order valence-corrected chi connectivity index (χ4v) is 5.57. The van der Waals surface area contributed by atoms with Crippen molar-refractivity contribution >= 4 is 35.5 Å². The predicted octanol–water partition coefficient (Wildman–Crippen LogP) is 2.57. The molecule has 2 aliphatic rings. The van der Waals surface area contributed by atoms with Crippen LogP contribution in [0.4, 0.5) is 4.79 Å². The average Bonchev–Trinajstić information content (AvgIpc) is 3.68. The van der Waals surface area contributed by atoms with Gasteiger partial charge < -0.3 is 25.6 Å². The molecule has 0 radical (unpaired) electrons. The minimum absolute atomic E-state index is 0.130. The van der Waals surface area contributed by atoms with Crippen LogP contribution in [0.3, 0.4) is 0 Å². The Hall–Kier alpha value is -3.96. The molecule has 2 fully saturated rings. The summed E-state index contributed by atoms with van der Waals surface area (Å²) in [6.45, 7) is 9.17. The highest BCUT2D eigenvalue weighted by atomic mass is 16.6. The topological polar surface area (TPSA) is 154 Å². The third-order valence-corrected chi connectivity index (χ3v) is 7.85. The van der Waals surface area contributed by atoms with Gasteiger partial charge in [0.1, 0.15) is 17.7 Å². The van der Waals surface area contributed by atoms with E-state index in [2.05, 4.69) is 16.0 Å². The molecule has 1 saturated heterocycles. The minimum atomic E-state index is -1.11. The van der Waals surface area contributed by atoms with E-state index in [-0.39, 0.29) is 30.1 Å². The maximum absolute atomic E-state index is 13.8. The summed E-state index contributed by atoms with van der Waals surface area (Å²) in [5.74, 6) is -3.05. The number of carbonyl (C=O) groups is 6. The van der Waals surface area contributed by atoms with E-state index in [1.165, 1.54) is 9.80 Å². The molecule has 12 heteroatoms. The number of hydrogen-bond acceptors (Lipinski definition) is 7. The van der Waals surface area contributed by atoms with Gasteiger partial charge in [0.15, 0.2) is 0 Å². The first kappa shape index (κ1) is 35.5. The zero-order chi connectivity index (χ0) is 33.5. The van der Waals surface area contributed by atoms with Crippen LogP contribution >= 0.6 is 0 Å². The second-order valence-corrected chi connectivity index (χ2v) is 13.7. The number of likely N-dealkylation sites (N-methyl/N-ethyl adjacent to an activating group) is 1. The smallest absolute Gasteiger partial charge is 0.410 e. The molecule has 3 N–H and O–H groups in total. The molecule has 1 aliphatic heterocycles. The van der Waals surface area contributed by atoms with Crippen molar-refractivity contribution in [3.63, 3.8) is 0 Å². The number of nitrogens with zero attached hydrogens (tertiary/aromatic N) is 2. The molecule has 1 unspecified atom stereocenters. The van der Waals surface area contributed by atoms with Crippen LogP contribution in [0.25, 0.3) is 0 Å². The van der Waals surface area contributed by atoms with Crippen molar-refractivity contribution in [1.82, 2.24) is 25.8 Å². The van der Waals surface area contributed by atoms with Gasteiger partial charge in [-0.3, -0.25) is 28.9 Å². The highest BCUT2D eigenvalue weighted by Gasteiger charge is 2.45. The van der Waals surface area contributed by atoms with E-state index in [4.69, 9.17) is 4.74 Å². The van der Waals surface area contributed by atoms with E-state index >= 15 is 0 Å². The lowest BCUT2D eigenvalue weighted by Crippen LogP contribution is -2.55. The molecule has 0 spiro atoms. The molecule has 1 aromatic carbocycles. The first-order valence-corrected chi connectivity index (χ1v) is 15.7. The van der Waals surface area contributed by atoms with E-state index in [1.807, 2.05) is 13.8 Å².